The maximum Gasteiger partial charge on any atom is 0.236 e. The second-order valence-corrected chi connectivity index (χ2v) is 9.39. The lowest BCUT2D eigenvalue weighted by atomic mass is 10.1. The van der Waals surface area contributed by atoms with Crippen molar-refractivity contribution in [1.82, 2.24) is 9.62 Å². The van der Waals surface area contributed by atoms with Gasteiger partial charge in [-0.3, -0.25) is 4.79 Å². The maximum absolute atomic E-state index is 12.6. The van der Waals surface area contributed by atoms with Crippen LogP contribution in [-0.2, 0) is 21.2 Å². The third-order valence-electron chi connectivity index (χ3n) is 5.12. The minimum Gasteiger partial charge on any atom is -0.369 e. The second kappa shape index (κ2) is 9.89. The molecule has 0 bridgehead atoms. The number of hydrogen-bond donors (Lipinski definition) is 1. The second-order valence-electron chi connectivity index (χ2n) is 7.42. The highest BCUT2D eigenvalue weighted by molar-refractivity contribution is 7.89. The van der Waals surface area contributed by atoms with Gasteiger partial charge in [-0.15, -0.1) is 0 Å². The largest absolute Gasteiger partial charge is 0.369 e. The molecule has 2 aromatic carbocycles. The van der Waals surface area contributed by atoms with Crippen molar-refractivity contribution >= 4 is 21.6 Å². The Labute approximate surface area is 173 Å². The smallest absolute Gasteiger partial charge is 0.236 e. The summed E-state index contributed by atoms with van der Waals surface area (Å²) in [5.41, 5.74) is 3.50. The topological polar surface area (TPSA) is 69.7 Å². The van der Waals surface area contributed by atoms with Gasteiger partial charge in [0.05, 0.1) is 0 Å². The van der Waals surface area contributed by atoms with Gasteiger partial charge in [0.25, 0.3) is 0 Å². The number of anilines is 1. The Kier molecular flexibility index (Phi) is 7.28. The highest BCUT2D eigenvalue weighted by atomic mass is 32.2. The van der Waals surface area contributed by atoms with Crippen molar-refractivity contribution in [3.8, 4) is 0 Å². The van der Waals surface area contributed by atoms with Crippen molar-refractivity contribution in [2.24, 2.45) is 0 Å². The summed E-state index contributed by atoms with van der Waals surface area (Å²) in [6, 6.07) is 18.2. The Bertz CT molecular complexity index is 908. The molecule has 0 radical (unpaired) electrons. The van der Waals surface area contributed by atoms with Gasteiger partial charge >= 0.3 is 0 Å². The molecule has 3 rings (SSSR count). The van der Waals surface area contributed by atoms with Gasteiger partial charge in [0.15, 0.2) is 0 Å². The van der Waals surface area contributed by atoms with Gasteiger partial charge in [-0.05, 0) is 43.0 Å². The molecule has 1 aliphatic rings. The van der Waals surface area contributed by atoms with Gasteiger partial charge < -0.3 is 10.2 Å². The molecule has 6 nitrogen and oxygen atoms in total. The molecule has 2 aromatic rings. The molecule has 1 fully saturated rings. The van der Waals surface area contributed by atoms with Crippen LogP contribution in [0.4, 0.5) is 5.69 Å². The Balaban J connectivity index is 1.42. The first-order valence-electron chi connectivity index (χ1n) is 10.0. The number of aryl methyl sites for hydroxylation is 2. The fraction of sp³-hybridized carbons (Fsp3) is 0.409. The van der Waals surface area contributed by atoms with E-state index in [0.29, 0.717) is 32.7 Å². The number of carbonyl (C=O) groups is 1. The molecule has 1 amide bonds. The summed E-state index contributed by atoms with van der Waals surface area (Å²) >= 11 is 0. The van der Waals surface area contributed by atoms with Gasteiger partial charge in [-0.2, -0.15) is 4.31 Å². The van der Waals surface area contributed by atoms with Crippen molar-refractivity contribution in [2.45, 2.75) is 19.8 Å². The number of piperazine rings is 1. The van der Waals surface area contributed by atoms with Crippen molar-refractivity contribution in [2.75, 3.05) is 43.4 Å². The van der Waals surface area contributed by atoms with Crippen LogP contribution in [0.3, 0.4) is 0 Å². The van der Waals surface area contributed by atoms with Crippen LogP contribution in [0.2, 0.25) is 0 Å². The lowest BCUT2D eigenvalue weighted by Gasteiger charge is -2.35. The average molecular weight is 416 g/mol. The third-order valence-corrected chi connectivity index (χ3v) is 6.90. The van der Waals surface area contributed by atoms with Gasteiger partial charge in [0.1, 0.15) is 5.75 Å². The normalized spacial score (nSPS) is 15.3. The molecule has 156 valence electrons. The van der Waals surface area contributed by atoms with Crippen LogP contribution < -0.4 is 10.2 Å². The van der Waals surface area contributed by atoms with E-state index < -0.39 is 21.7 Å². The SMILES string of the molecule is Cc1cccc(N2CCN(S(=O)(=O)CC(=O)NCCCc3ccccc3)CC2)c1. The Morgan fingerprint density at radius 1 is 1.00 bits per heavy atom. The van der Waals surface area contributed by atoms with E-state index in [4.69, 9.17) is 0 Å². The highest BCUT2D eigenvalue weighted by Crippen LogP contribution is 2.19. The van der Waals surface area contributed by atoms with Gasteiger partial charge in [0, 0.05) is 38.4 Å². The monoisotopic (exact) mass is 415 g/mol. The van der Waals surface area contributed by atoms with E-state index in [1.54, 1.807) is 0 Å². The molecule has 0 aliphatic carbocycles. The molecule has 29 heavy (non-hydrogen) atoms. The van der Waals surface area contributed by atoms with Gasteiger partial charge in [-0.1, -0.05) is 42.5 Å². The van der Waals surface area contributed by atoms with E-state index in [-0.39, 0.29) is 0 Å². The van der Waals surface area contributed by atoms with E-state index in [1.165, 1.54) is 15.4 Å². The zero-order chi connectivity index (χ0) is 20.7. The van der Waals surface area contributed by atoms with Crippen molar-refractivity contribution in [3.63, 3.8) is 0 Å². The summed E-state index contributed by atoms with van der Waals surface area (Å²) in [6.45, 7) is 4.57. The summed E-state index contributed by atoms with van der Waals surface area (Å²) in [5, 5.41) is 2.73. The molecule has 0 unspecified atom stereocenters. The summed E-state index contributed by atoms with van der Waals surface area (Å²) in [4.78, 5) is 14.3. The van der Waals surface area contributed by atoms with Crippen LogP contribution in [0.5, 0.6) is 0 Å². The number of hydrogen-bond acceptors (Lipinski definition) is 4. The Hall–Kier alpha value is -2.38. The fourth-order valence-corrected chi connectivity index (χ4v) is 4.86. The van der Waals surface area contributed by atoms with E-state index in [0.717, 1.165) is 18.5 Å². The zero-order valence-electron chi connectivity index (χ0n) is 16.9. The molecule has 1 N–H and O–H groups in total. The quantitative estimate of drug-likeness (QED) is 0.671. The molecule has 0 spiro atoms. The van der Waals surface area contributed by atoms with Crippen LogP contribution in [-0.4, -0.2) is 57.1 Å². The molecule has 1 aliphatic heterocycles. The minimum absolute atomic E-state index is 0.400. The van der Waals surface area contributed by atoms with E-state index in [2.05, 4.69) is 16.3 Å². The highest BCUT2D eigenvalue weighted by Gasteiger charge is 2.29. The third kappa shape index (κ3) is 6.30. The number of amides is 1. The van der Waals surface area contributed by atoms with Gasteiger partial charge in [0.2, 0.25) is 15.9 Å². The number of rotatable bonds is 8. The predicted octanol–water partition coefficient (Wildman–Crippen LogP) is 2.20. The number of sulfonamides is 1. The van der Waals surface area contributed by atoms with Crippen LogP contribution in [0.1, 0.15) is 17.5 Å². The predicted molar refractivity (Wildman–Crippen MR) is 117 cm³/mol. The summed E-state index contributed by atoms with van der Waals surface area (Å²) in [6.07, 6.45) is 1.64. The maximum atomic E-state index is 12.6. The lowest BCUT2D eigenvalue weighted by Crippen LogP contribution is -2.50. The van der Waals surface area contributed by atoms with E-state index >= 15 is 0 Å². The minimum atomic E-state index is -3.59. The Morgan fingerprint density at radius 2 is 1.72 bits per heavy atom. The summed E-state index contributed by atoms with van der Waals surface area (Å²) in [5.74, 6) is -0.915. The molecular weight excluding hydrogens is 386 g/mol. The summed E-state index contributed by atoms with van der Waals surface area (Å²) in [7, 11) is -3.59. The van der Waals surface area contributed by atoms with Gasteiger partial charge in [-0.25, -0.2) is 8.42 Å². The molecule has 1 heterocycles. The standard InChI is InChI=1S/C22H29N3O3S/c1-19-7-5-11-21(17-19)24-13-15-25(16-14-24)29(27,28)18-22(26)23-12-6-10-20-8-3-2-4-9-20/h2-5,7-9,11,17H,6,10,12-16,18H2,1H3,(H,23,26). The fourth-order valence-electron chi connectivity index (χ4n) is 3.52. The number of benzene rings is 2. The van der Waals surface area contributed by atoms with Crippen LogP contribution in [0.25, 0.3) is 0 Å². The first-order chi connectivity index (χ1) is 13.9. The van der Waals surface area contributed by atoms with Crippen molar-refractivity contribution in [1.29, 1.82) is 0 Å². The van der Waals surface area contributed by atoms with E-state index in [9.17, 15) is 13.2 Å². The number of carbonyl (C=O) groups excluding carboxylic acids is 1. The number of nitrogens with zero attached hydrogens (tertiary/aromatic N) is 2. The van der Waals surface area contributed by atoms with Crippen LogP contribution in [0.15, 0.2) is 54.6 Å². The lowest BCUT2D eigenvalue weighted by molar-refractivity contribution is -0.118. The summed E-state index contributed by atoms with van der Waals surface area (Å²) < 4.78 is 26.6. The Morgan fingerprint density at radius 3 is 2.41 bits per heavy atom. The van der Waals surface area contributed by atoms with Crippen molar-refractivity contribution in [3.05, 3.63) is 65.7 Å². The first-order valence-corrected chi connectivity index (χ1v) is 11.6. The molecular formula is C22H29N3O3S. The van der Waals surface area contributed by atoms with E-state index in [1.807, 2.05) is 55.5 Å². The molecule has 0 atom stereocenters. The van der Waals surface area contributed by atoms with Crippen molar-refractivity contribution < 1.29 is 13.2 Å². The first kappa shape index (κ1) is 21.3. The molecule has 0 aromatic heterocycles. The van der Waals surface area contributed by atoms with Crippen LogP contribution in [0, 0.1) is 6.92 Å². The zero-order valence-corrected chi connectivity index (χ0v) is 17.7. The average Bonchev–Trinajstić information content (AvgIpc) is 2.72. The number of nitrogens with one attached hydrogen (secondary N) is 1. The van der Waals surface area contributed by atoms with Crippen LogP contribution >= 0.6 is 0 Å². The molecule has 1 saturated heterocycles. The molecule has 7 heteroatoms. The molecule has 0 saturated carbocycles.